The van der Waals surface area contributed by atoms with Crippen molar-refractivity contribution in [1.29, 1.82) is 0 Å². The van der Waals surface area contributed by atoms with Gasteiger partial charge in [-0.2, -0.15) is 0 Å². The van der Waals surface area contributed by atoms with Crippen LogP contribution in [0.1, 0.15) is 24.1 Å². The maximum absolute atomic E-state index is 12.4. The summed E-state index contributed by atoms with van der Waals surface area (Å²) >= 11 is 3.43. The maximum atomic E-state index is 12.4. The van der Waals surface area contributed by atoms with Crippen molar-refractivity contribution >= 4 is 28.2 Å². The van der Waals surface area contributed by atoms with E-state index in [2.05, 4.69) is 30.6 Å². The number of aromatic amines is 1. The number of aromatic nitrogens is 1. The Labute approximate surface area is 168 Å². The summed E-state index contributed by atoms with van der Waals surface area (Å²) in [6, 6.07) is 6.87. The highest BCUT2D eigenvalue weighted by Crippen LogP contribution is 2.42. The molecule has 2 rings (SSSR count). The van der Waals surface area contributed by atoms with Gasteiger partial charge < -0.3 is 25.1 Å². The van der Waals surface area contributed by atoms with Gasteiger partial charge in [0.2, 0.25) is 0 Å². The highest BCUT2D eigenvalue weighted by molar-refractivity contribution is 9.10. The molecule has 0 aliphatic carbocycles. The van der Waals surface area contributed by atoms with Gasteiger partial charge in [0.15, 0.2) is 5.96 Å². The lowest BCUT2D eigenvalue weighted by Crippen LogP contribution is -2.38. The number of H-pyrrole nitrogens is 1. The van der Waals surface area contributed by atoms with Gasteiger partial charge in [0.1, 0.15) is 17.6 Å². The third-order valence-corrected chi connectivity index (χ3v) is 4.88. The molecule has 2 atom stereocenters. The summed E-state index contributed by atoms with van der Waals surface area (Å²) in [5.41, 5.74) is 5.92. The molecule has 0 saturated heterocycles. The van der Waals surface area contributed by atoms with E-state index < -0.39 is 17.8 Å². The van der Waals surface area contributed by atoms with Gasteiger partial charge in [-0.3, -0.25) is 0 Å². The lowest BCUT2D eigenvalue weighted by Gasteiger charge is -2.32. The number of rotatable bonds is 6. The third kappa shape index (κ3) is 4.86. The lowest BCUT2D eigenvalue weighted by molar-refractivity contribution is -0.274. The van der Waals surface area contributed by atoms with Crippen LogP contribution in [0.4, 0.5) is 13.2 Å². The molecule has 28 heavy (non-hydrogen) atoms. The molecule has 152 valence electrons. The van der Waals surface area contributed by atoms with E-state index in [4.69, 9.17) is 5.73 Å². The van der Waals surface area contributed by atoms with Crippen LogP contribution < -0.4 is 10.5 Å². The van der Waals surface area contributed by atoms with Crippen molar-refractivity contribution in [2.75, 3.05) is 14.1 Å². The monoisotopic (exact) mass is 460 g/mol. The summed E-state index contributed by atoms with van der Waals surface area (Å²) < 4.78 is 41.7. The van der Waals surface area contributed by atoms with Gasteiger partial charge >= 0.3 is 6.36 Å². The van der Waals surface area contributed by atoms with Crippen LogP contribution in [0.15, 0.2) is 46.0 Å². The number of aldehydes is 1. The standard InChI is InChI=1S/C18H20BrF3N4O2/c1-17(25-16(23)26(2)3,15-14(19)8-9-24-15)13(10-27)11-4-6-12(7-5-11)28-18(20,21)22/h4-10,13,24H,1-3H3,(H2,23,25). The number of nitrogens with two attached hydrogens (primary N) is 1. The predicted molar refractivity (Wildman–Crippen MR) is 103 cm³/mol. The minimum Gasteiger partial charge on any atom is -0.406 e. The number of nitrogens with one attached hydrogen (secondary N) is 1. The molecule has 10 heteroatoms. The van der Waals surface area contributed by atoms with Gasteiger partial charge in [-0.15, -0.1) is 13.2 Å². The van der Waals surface area contributed by atoms with E-state index >= 15 is 0 Å². The van der Waals surface area contributed by atoms with E-state index in [0.717, 1.165) is 12.1 Å². The van der Waals surface area contributed by atoms with Gasteiger partial charge in [-0.1, -0.05) is 12.1 Å². The van der Waals surface area contributed by atoms with E-state index in [1.54, 1.807) is 38.2 Å². The summed E-state index contributed by atoms with van der Waals surface area (Å²) in [4.78, 5) is 21.3. The quantitative estimate of drug-likeness (QED) is 0.390. The fourth-order valence-corrected chi connectivity index (χ4v) is 3.42. The average molecular weight is 461 g/mol. The molecule has 6 nitrogen and oxygen atoms in total. The number of alkyl halides is 3. The number of hydrogen-bond donors (Lipinski definition) is 2. The van der Waals surface area contributed by atoms with Crippen molar-refractivity contribution in [2.45, 2.75) is 24.7 Å². The molecule has 2 aromatic rings. The van der Waals surface area contributed by atoms with Crippen molar-refractivity contribution in [3.05, 3.63) is 52.3 Å². The molecule has 0 radical (unpaired) electrons. The summed E-state index contributed by atoms with van der Waals surface area (Å²) in [6.07, 6.45) is -2.42. The van der Waals surface area contributed by atoms with Gasteiger partial charge in [0, 0.05) is 24.8 Å². The molecular weight excluding hydrogens is 441 g/mol. The number of carbonyl (C=O) groups excluding carboxylic acids is 1. The molecule has 0 aliphatic heterocycles. The highest BCUT2D eigenvalue weighted by atomic mass is 79.9. The van der Waals surface area contributed by atoms with Crippen LogP contribution >= 0.6 is 15.9 Å². The number of aliphatic imine (C=N–C) groups is 1. The first kappa shape index (κ1) is 21.8. The molecule has 3 N–H and O–H groups in total. The number of hydrogen-bond acceptors (Lipinski definition) is 3. The molecule has 0 fully saturated rings. The normalized spacial score (nSPS) is 15.6. The molecule has 0 bridgehead atoms. The SMILES string of the molecule is CN(C)C(N)=NC(C)(c1[nH]ccc1Br)C(C=O)c1ccc(OC(F)(F)F)cc1. The Morgan fingerprint density at radius 1 is 1.29 bits per heavy atom. The van der Waals surface area contributed by atoms with Crippen molar-refractivity contribution in [1.82, 2.24) is 9.88 Å². The van der Waals surface area contributed by atoms with Crippen LogP contribution in [0.25, 0.3) is 0 Å². The Morgan fingerprint density at radius 3 is 2.32 bits per heavy atom. The van der Waals surface area contributed by atoms with Crippen LogP contribution in [0.5, 0.6) is 5.75 Å². The van der Waals surface area contributed by atoms with E-state index in [1.807, 2.05) is 0 Å². The Bertz CT molecular complexity index is 849. The Morgan fingerprint density at radius 2 is 1.89 bits per heavy atom. The van der Waals surface area contributed by atoms with E-state index in [0.29, 0.717) is 22.0 Å². The molecular formula is C18H20BrF3N4O2. The second-order valence-corrected chi connectivity index (χ2v) is 7.30. The Balaban J connectivity index is 2.53. The van der Waals surface area contributed by atoms with Crippen molar-refractivity contribution in [2.24, 2.45) is 10.7 Å². The van der Waals surface area contributed by atoms with Gasteiger partial charge in [-0.25, -0.2) is 4.99 Å². The van der Waals surface area contributed by atoms with Crippen LogP contribution in [0.2, 0.25) is 0 Å². The van der Waals surface area contributed by atoms with Crippen molar-refractivity contribution in [3.8, 4) is 5.75 Å². The number of ether oxygens (including phenoxy) is 1. The zero-order chi connectivity index (χ0) is 21.1. The van der Waals surface area contributed by atoms with Crippen LogP contribution in [0, 0.1) is 0 Å². The van der Waals surface area contributed by atoms with E-state index in [1.165, 1.54) is 12.1 Å². The molecule has 1 heterocycles. The zero-order valence-corrected chi connectivity index (χ0v) is 17.0. The van der Waals surface area contributed by atoms with Crippen molar-refractivity contribution in [3.63, 3.8) is 0 Å². The summed E-state index contributed by atoms with van der Waals surface area (Å²) in [7, 11) is 3.42. The van der Waals surface area contributed by atoms with Gasteiger partial charge in [0.25, 0.3) is 0 Å². The fraction of sp³-hybridized carbons (Fsp3) is 0.333. The predicted octanol–water partition coefficient (Wildman–Crippen LogP) is 3.75. The first-order valence-corrected chi connectivity index (χ1v) is 8.94. The summed E-state index contributed by atoms with van der Waals surface area (Å²) in [5, 5.41) is 0. The minimum absolute atomic E-state index is 0.188. The highest BCUT2D eigenvalue weighted by Gasteiger charge is 2.40. The van der Waals surface area contributed by atoms with Crippen molar-refractivity contribution < 1.29 is 22.7 Å². The van der Waals surface area contributed by atoms with Crippen LogP contribution in [-0.4, -0.2) is 42.6 Å². The van der Waals surface area contributed by atoms with Crippen LogP contribution in [-0.2, 0) is 10.3 Å². The smallest absolute Gasteiger partial charge is 0.406 e. The molecule has 0 saturated carbocycles. The number of halogens is 4. The lowest BCUT2D eigenvalue weighted by atomic mass is 9.79. The molecule has 0 aliphatic rings. The second-order valence-electron chi connectivity index (χ2n) is 6.44. The van der Waals surface area contributed by atoms with Gasteiger partial charge in [-0.05, 0) is 46.6 Å². The number of benzene rings is 1. The maximum Gasteiger partial charge on any atom is 0.573 e. The molecule has 1 aromatic carbocycles. The number of guanidine groups is 1. The Kier molecular flexibility index (Phi) is 6.43. The average Bonchev–Trinajstić information content (AvgIpc) is 3.02. The molecule has 0 amide bonds. The first-order valence-electron chi connectivity index (χ1n) is 8.15. The number of nitrogens with zero attached hydrogens (tertiary/aromatic N) is 2. The topological polar surface area (TPSA) is 83.7 Å². The fourth-order valence-electron chi connectivity index (χ4n) is 2.77. The largest absolute Gasteiger partial charge is 0.573 e. The van der Waals surface area contributed by atoms with Crippen LogP contribution in [0.3, 0.4) is 0 Å². The third-order valence-electron chi connectivity index (χ3n) is 4.22. The minimum atomic E-state index is -4.79. The molecule has 2 unspecified atom stereocenters. The Hall–Kier alpha value is -2.49. The molecule has 1 aromatic heterocycles. The number of carbonyl (C=O) groups is 1. The van der Waals surface area contributed by atoms with E-state index in [9.17, 15) is 18.0 Å². The summed E-state index contributed by atoms with van der Waals surface area (Å²) in [6.45, 7) is 1.72. The second kappa shape index (κ2) is 8.26. The molecule has 0 spiro atoms. The first-order chi connectivity index (χ1) is 13.0. The van der Waals surface area contributed by atoms with E-state index in [-0.39, 0.29) is 11.7 Å². The van der Waals surface area contributed by atoms with Gasteiger partial charge in [0.05, 0.1) is 11.6 Å². The summed E-state index contributed by atoms with van der Waals surface area (Å²) in [5.74, 6) is -1.02. The zero-order valence-electron chi connectivity index (χ0n) is 15.4.